The van der Waals surface area contributed by atoms with E-state index < -0.39 is 0 Å². The van der Waals surface area contributed by atoms with Gasteiger partial charge in [-0.15, -0.1) is 0 Å². The summed E-state index contributed by atoms with van der Waals surface area (Å²) in [6, 6.07) is 18.7. The molecule has 2 heterocycles. The molecule has 0 atom stereocenters. The molecule has 7 nitrogen and oxygen atoms in total. The van der Waals surface area contributed by atoms with Gasteiger partial charge in [-0.2, -0.15) is 5.10 Å². The maximum atomic E-state index is 12.6. The van der Waals surface area contributed by atoms with Crippen molar-refractivity contribution in [3.63, 3.8) is 0 Å². The van der Waals surface area contributed by atoms with Crippen molar-refractivity contribution >= 4 is 16.9 Å². The summed E-state index contributed by atoms with van der Waals surface area (Å²) in [5.41, 5.74) is 4.30. The Kier molecular flexibility index (Phi) is 4.03. The molecule has 0 aliphatic carbocycles. The number of benzene rings is 2. The topological polar surface area (TPSA) is 81.8 Å². The van der Waals surface area contributed by atoms with Crippen molar-refractivity contribution in [3.8, 4) is 5.69 Å². The van der Waals surface area contributed by atoms with E-state index in [0.29, 0.717) is 11.0 Å². The Labute approximate surface area is 148 Å². The van der Waals surface area contributed by atoms with Gasteiger partial charge in [0.1, 0.15) is 11.7 Å². The molecule has 0 aliphatic rings. The Morgan fingerprint density at radius 3 is 2.42 bits per heavy atom. The summed E-state index contributed by atoms with van der Waals surface area (Å²) in [5, 5.41) is 4.57. The van der Waals surface area contributed by atoms with E-state index >= 15 is 0 Å². The molecule has 26 heavy (non-hydrogen) atoms. The highest BCUT2D eigenvalue weighted by molar-refractivity contribution is 5.86. The van der Waals surface area contributed by atoms with Gasteiger partial charge in [-0.1, -0.05) is 48.5 Å². The van der Waals surface area contributed by atoms with Gasteiger partial charge in [-0.05, 0) is 17.7 Å². The van der Waals surface area contributed by atoms with Crippen LogP contribution in [0.2, 0.25) is 0 Å². The Morgan fingerprint density at radius 1 is 1.00 bits per heavy atom. The predicted octanol–water partition coefficient (Wildman–Crippen LogP) is 1.89. The summed E-state index contributed by atoms with van der Waals surface area (Å²) in [7, 11) is 0. The number of carbonyl (C=O) groups excluding carboxylic acids is 1. The highest BCUT2D eigenvalue weighted by atomic mass is 16.2. The van der Waals surface area contributed by atoms with Crippen molar-refractivity contribution in [2.24, 2.45) is 0 Å². The third-order valence-electron chi connectivity index (χ3n) is 3.94. The van der Waals surface area contributed by atoms with E-state index in [1.807, 2.05) is 60.7 Å². The molecule has 0 radical (unpaired) electrons. The van der Waals surface area contributed by atoms with E-state index in [2.05, 4.69) is 15.5 Å². The van der Waals surface area contributed by atoms with Crippen molar-refractivity contribution < 1.29 is 4.79 Å². The summed E-state index contributed by atoms with van der Waals surface area (Å²) in [4.78, 5) is 29.1. The van der Waals surface area contributed by atoms with Crippen LogP contribution in [0.5, 0.6) is 0 Å². The normalized spacial score (nSPS) is 10.8. The van der Waals surface area contributed by atoms with Gasteiger partial charge >= 0.3 is 0 Å². The quantitative estimate of drug-likeness (QED) is 0.612. The predicted molar refractivity (Wildman–Crippen MR) is 97.6 cm³/mol. The lowest BCUT2D eigenvalue weighted by atomic mass is 10.1. The zero-order valence-electron chi connectivity index (χ0n) is 13.7. The van der Waals surface area contributed by atoms with Crippen LogP contribution in [0.4, 0.5) is 0 Å². The molecule has 4 rings (SSSR count). The first-order valence-electron chi connectivity index (χ1n) is 8.07. The first kappa shape index (κ1) is 15.8. The molecular formula is C19H15N5O2. The molecule has 0 unspecified atom stereocenters. The van der Waals surface area contributed by atoms with Gasteiger partial charge in [-0.3, -0.25) is 15.0 Å². The third kappa shape index (κ3) is 2.98. The van der Waals surface area contributed by atoms with Crippen LogP contribution < -0.4 is 11.0 Å². The van der Waals surface area contributed by atoms with Gasteiger partial charge in [0.25, 0.3) is 5.56 Å². The van der Waals surface area contributed by atoms with E-state index in [-0.39, 0.29) is 17.9 Å². The molecule has 0 bridgehead atoms. The van der Waals surface area contributed by atoms with Crippen LogP contribution >= 0.6 is 0 Å². The number of aromatic nitrogens is 4. The van der Waals surface area contributed by atoms with Gasteiger partial charge in [0, 0.05) is 0 Å². The number of nitrogens with one attached hydrogen (secondary N) is 1. The Balaban J connectivity index is 1.63. The van der Waals surface area contributed by atoms with Crippen molar-refractivity contribution in [2.75, 3.05) is 5.43 Å². The molecule has 0 saturated carbocycles. The molecule has 2 aromatic heterocycles. The smallest absolute Gasteiger partial charge is 0.273 e. The van der Waals surface area contributed by atoms with Crippen LogP contribution in [0, 0.1) is 0 Å². The van der Waals surface area contributed by atoms with Gasteiger partial charge in [-0.25, -0.2) is 14.3 Å². The average Bonchev–Trinajstić information content (AvgIpc) is 3.10. The zero-order valence-corrected chi connectivity index (χ0v) is 13.7. The van der Waals surface area contributed by atoms with Crippen molar-refractivity contribution in [3.05, 3.63) is 89.1 Å². The fourth-order valence-electron chi connectivity index (χ4n) is 2.70. The second-order valence-electron chi connectivity index (χ2n) is 5.75. The molecule has 4 aromatic rings. The number of nitrogens with zero attached hydrogens (tertiary/aromatic N) is 4. The van der Waals surface area contributed by atoms with Crippen LogP contribution in [0.3, 0.4) is 0 Å². The largest absolute Gasteiger partial charge is 0.283 e. The summed E-state index contributed by atoms with van der Waals surface area (Å²) in [6.45, 7) is 0. The average molecular weight is 345 g/mol. The first-order chi connectivity index (χ1) is 12.7. The minimum atomic E-state index is -0.376. The monoisotopic (exact) mass is 345 g/mol. The van der Waals surface area contributed by atoms with E-state index in [1.165, 1.54) is 12.5 Å². The van der Waals surface area contributed by atoms with Crippen LogP contribution in [-0.2, 0) is 11.2 Å². The standard InChI is InChI=1S/C19H15N5O2/c25-17(11-14-7-3-1-4-8-14)22-23-13-20-18-16(19(23)26)12-21-24(18)15-9-5-2-6-10-15/h1-10,12-13H,11H2,(H,22,25). The second kappa shape index (κ2) is 6.64. The number of hydrogen-bond donors (Lipinski definition) is 1. The Hall–Kier alpha value is -3.74. The van der Waals surface area contributed by atoms with E-state index in [9.17, 15) is 9.59 Å². The fraction of sp³-hybridized carbons (Fsp3) is 0.0526. The van der Waals surface area contributed by atoms with E-state index in [0.717, 1.165) is 15.9 Å². The number of para-hydroxylation sites is 1. The van der Waals surface area contributed by atoms with Crippen molar-refractivity contribution in [2.45, 2.75) is 6.42 Å². The fourth-order valence-corrected chi connectivity index (χ4v) is 2.70. The minimum Gasteiger partial charge on any atom is -0.273 e. The van der Waals surface area contributed by atoms with Crippen LogP contribution in [0.1, 0.15) is 5.56 Å². The number of rotatable bonds is 4. The maximum Gasteiger partial charge on any atom is 0.283 e. The van der Waals surface area contributed by atoms with E-state index in [1.54, 1.807) is 4.68 Å². The highest BCUT2D eigenvalue weighted by Gasteiger charge is 2.12. The molecule has 1 amide bonds. The summed E-state index contributed by atoms with van der Waals surface area (Å²) < 4.78 is 2.68. The molecular weight excluding hydrogens is 330 g/mol. The number of hydrogen-bond acceptors (Lipinski definition) is 4. The third-order valence-corrected chi connectivity index (χ3v) is 3.94. The van der Waals surface area contributed by atoms with Crippen LogP contribution in [0.25, 0.3) is 16.7 Å². The van der Waals surface area contributed by atoms with Crippen LogP contribution in [-0.4, -0.2) is 25.3 Å². The van der Waals surface area contributed by atoms with Crippen molar-refractivity contribution in [1.82, 2.24) is 19.4 Å². The summed E-state index contributed by atoms with van der Waals surface area (Å²) in [5.74, 6) is -0.296. The van der Waals surface area contributed by atoms with E-state index in [4.69, 9.17) is 0 Å². The lowest BCUT2D eigenvalue weighted by molar-refractivity contribution is -0.116. The number of fused-ring (bicyclic) bond motifs is 1. The Morgan fingerprint density at radius 2 is 1.69 bits per heavy atom. The molecule has 0 aliphatic heterocycles. The maximum absolute atomic E-state index is 12.6. The summed E-state index contributed by atoms with van der Waals surface area (Å²) >= 11 is 0. The van der Waals surface area contributed by atoms with Gasteiger partial charge in [0.15, 0.2) is 5.65 Å². The molecule has 7 heteroatoms. The molecule has 1 N–H and O–H groups in total. The SMILES string of the molecule is O=C(Cc1ccccc1)Nn1cnc2c(cnn2-c2ccccc2)c1=O. The van der Waals surface area contributed by atoms with Gasteiger partial charge < -0.3 is 0 Å². The molecule has 2 aromatic carbocycles. The minimum absolute atomic E-state index is 0.175. The first-order valence-corrected chi connectivity index (χ1v) is 8.07. The summed E-state index contributed by atoms with van der Waals surface area (Å²) in [6.07, 6.45) is 2.93. The van der Waals surface area contributed by atoms with Crippen molar-refractivity contribution in [1.29, 1.82) is 0 Å². The second-order valence-corrected chi connectivity index (χ2v) is 5.75. The van der Waals surface area contributed by atoms with Gasteiger partial charge in [0.05, 0.1) is 18.3 Å². The zero-order chi connectivity index (χ0) is 17.9. The number of amides is 1. The molecule has 0 spiro atoms. The lowest BCUT2D eigenvalue weighted by Crippen LogP contribution is -2.34. The lowest BCUT2D eigenvalue weighted by Gasteiger charge is -2.08. The molecule has 0 fully saturated rings. The molecule has 128 valence electrons. The van der Waals surface area contributed by atoms with Crippen LogP contribution in [0.15, 0.2) is 78.0 Å². The van der Waals surface area contributed by atoms with Gasteiger partial charge in [0.2, 0.25) is 5.91 Å². The highest BCUT2D eigenvalue weighted by Crippen LogP contribution is 2.12. The number of carbonyl (C=O) groups is 1. The molecule has 0 saturated heterocycles. The Bertz CT molecular complexity index is 1120.